The fourth-order valence-corrected chi connectivity index (χ4v) is 8.34. The molecule has 2 unspecified atom stereocenters. The third-order valence-electron chi connectivity index (χ3n) is 9.66. The number of nitrogens with one attached hydrogen (secondary N) is 5. The van der Waals surface area contributed by atoms with Gasteiger partial charge in [-0.2, -0.15) is 0 Å². The Morgan fingerprint density at radius 2 is 1.10 bits per heavy atom. The monoisotopic (exact) mass is 911 g/mol. The Balaban J connectivity index is -0.000000898. The number of aromatic amines is 1. The average molecular weight is 912 g/mol. The number of rotatable bonds is 21. The van der Waals surface area contributed by atoms with Crippen molar-refractivity contribution in [2.24, 2.45) is 5.11 Å². The van der Waals surface area contributed by atoms with Crippen LogP contribution in [-0.2, 0) is 31.6 Å². The molecule has 5 atom stereocenters. The maximum atomic E-state index is 12.0. The van der Waals surface area contributed by atoms with E-state index in [1.54, 1.807) is 19.6 Å². The summed E-state index contributed by atoms with van der Waals surface area (Å²) in [6.07, 6.45) is -1.48. The third kappa shape index (κ3) is 29.2. The van der Waals surface area contributed by atoms with Gasteiger partial charge in [-0.3, -0.25) is 27.8 Å². The molecule has 0 aliphatic carbocycles. The number of phosphoric ester groups is 1. The fraction of sp³-hybridized carbons (Fsp3) is 0.882. The second-order valence-electron chi connectivity index (χ2n) is 13.2. The lowest BCUT2D eigenvalue weighted by Gasteiger charge is -2.37. The Morgan fingerprint density at radius 3 is 1.41 bits per heavy atom. The summed E-state index contributed by atoms with van der Waals surface area (Å²) in [7, 11) is -18.1. The topological polar surface area (TPSA) is 302 Å². The molecular weight excluding hydrogens is 835 g/mol. The molecule has 1 fully saturated rings. The highest BCUT2D eigenvalue weighted by molar-refractivity contribution is 7.64. The Bertz CT molecular complexity index is 1470. The molecule has 2 rings (SSSR count). The molecule has 1 aliphatic heterocycles. The standard InChI is InChI=1S/C10H16N5O13P3.4C6H15N/c1-5-3-15(10(17)12-9(5)16)8-2-6(13-14-11)7(26-8)4-25-30(21,22)28-31(23,24)27-29(18,19)20;4*1-4-7(5-2)6-3/h3,6-8H,2,4H2,1H3,(H,21,22)(H,23,24)(H,12,16,17)(H2,18,19,20);4*4-6H2,1-3H3/t6-,7+,8+;;;;/m0..../s1. The Labute approximate surface area is 351 Å². The van der Waals surface area contributed by atoms with Crippen LogP contribution in [0.25, 0.3) is 10.4 Å². The predicted octanol–water partition coefficient (Wildman–Crippen LogP) is -2.65. The van der Waals surface area contributed by atoms with E-state index in [1.807, 2.05) is 4.98 Å². The molecule has 1 aromatic rings. The number of hydrogen-bond acceptors (Lipinski definition) is 14. The van der Waals surface area contributed by atoms with Crippen molar-refractivity contribution in [3.8, 4) is 0 Å². The van der Waals surface area contributed by atoms with Crippen LogP contribution in [0.4, 0.5) is 0 Å². The van der Waals surface area contributed by atoms with E-state index < -0.39 is 59.7 Å². The van der Waals surface area contributed by atoms with E-state index in [0.717, 1.165) is 10.8 Å². The van der Waals surface area contributed by atoms with Crippen molar-refractivity contribution in [2.75, 3.05) is 85.1 Å². The summed E-state index contributed by atoms with van der Waals surface area (Å²) in [4.78, 5) is 78.1. The molecule has 0 radical (unpaired) electrons. The number of nitrogens with zero attached hydrogens (tertiary/aromatic N) is 4. The fourth-order valence-electron chi connectivity index (χ4n) is 5.47. The highest BCUT2D eigenvalue weighted by Gasteiger charge is 2.37. The van der Waals surface area contributed by atoms with Crippen LogP contribution in [0.1, 0.15) is 101 Å². The Hall–Kier alpha value is -1.80. The van der Waals surface area contributed by atoms with Crippen molar-refractivity contribution < 1.29 is 70.8 Å². The van der Waals surface area contributed by atoms with Crippen LogP contribution in [0.15, 0.2) is 20.9 Å². The molecule has 1 aliphatic rings. The molecule has 1 saturated heterocycles. The molecule has 0 saturated carbocycles. The average Bonchev–Trinajstić information content (AvgIpc) is 3.57. The number of H-pyrrole nitrogens is 1. The van der Waals surface area contributed by atoms with Gasteiger partial charge < -0.3 is 53.0 Å². The first-order valence-corrected chi connectivity index (χ1v) is 25.0. The van der Waals surface area contributed by atoms with Crippen molar-refractivity contribution in [2.45, 2.75) is 115 Å². The molecule has 22 nitrogen and oxygen atoms in total. The molecule has 0 spiro atoms. The van der Waals surface area contributed by atoms with E-state index >= 15 is 0 Å². The largest absolute Gasteiger partial charge is 0.790 e. The van der Waals surface area contributed by atoms with Gasteiger partial charge in [-0.05, 0) is 95.5 Å². The van der Waals surface area contributed by atoms with Crippen LogP contribution in [0, 0.1) is 6.92 Å². The minimum Gasteiger partial charge on any atom is -0.790 e. The Kier molecular flexibility index (Phi) is 35.2. The van der Waals surface area contributed by atoms with Crippen molar-refractivity contribution in [1.82, 2.24) is 9.55 Å². The van der Waals surface area contributed by atoms with Crippen molar-refractivity contribution in [3.05, 3.63) is 43.0 Å². The van der Waals surface area contributed by atoms with E-state index in [0.29, 0.717) is 0 Å². The first-order valence-electron chi connectivity index (χ1n) is 20.6. The van der Waals surface area contributed by atoms with Crippen molar-refractivity contribution >= 4 is 23.5 Å². The number of phosphoric acid groups is 3. The summed E-state index contributed by atoms with van der Waals surface area (Å²) in [6, 6.07) is -1.10. The number of aryl methyl sites for hydroxylation is 1. The molecule has 0 amide bonds. The maximum absolute atomic E-state index is 12.0. The first kappa shape index (κ1) is 61.5. The quantitative estimate of drug-likeness (QED) is 0.0365. The zero-order valence-electron chi connectivity index (χ0n) is 37.6. The van der Waals surface area contributed by atoms with E-state index in [2.05, 4.69) is 106 Å². The van der Waals surface area contributed by atoms with Gasteiger partial charge in [0.25, 0.3) is 21.2 Å². The lowest BCUT2D eigenvalue weighted by atomic mass is 10.1. The van der Waals surface area contributed by atoms with Crippen LogP contribution >= 0.6 is 23.5 Å². The number of quaternary nitrogens is 4. The van der Waals surface area contributed by atoms with Gasteiger partial charge in [0.2, 0.25) is 0 Å². The molecule has 5 N–H and O–H groups in total. The van der Waals surface area contributed by atoms with Gasteiger partial charge in [0.1, 0.15) is 6.23 Å². The van der Waals surface area contributed by atoms with Crippen LogP contribution in [0.2, 0.25) is 0 Å². The summed E-state index contributed by atoms with van der Waals surface area (Å²) < 4.78 is 50.2. The van der Waals surface area contributed by atoms with E-state index in [4.69, 9.17) is 10.3 Å². The summed E-state index contributed by atoms with van der Waals surface area (Å²) >= 11 is 0. The second kappa shape index (κ2) is 33.8. The van der Waals surface area contributed by atoms with Gasteiger partial charge in [0.15, 0.2) is 0 Å². The van der Waals surface area contributed by atoms with Gasteiger partial charge in [-0.15, -0.1) is 0 Å². The van der Waals surface area contributed by atoms with Gasteiger partial charge >= 0.3 is 5.69 Å². The minimum absolute atomic E-state index is 0.140. The minimum atomic E-state index is -6.14. The lowest BCUT2D eigenvalue weighted by molar-refractivity contribution is -0.894. The molecule has 1 aromatic heterocycles. The molecule has 59 heavy (non-hydrogen) atoms. The zero-order chi connectivity index (χ0) is 46.4. The normalized spacial score (nSPS) is 18.2. The summed E-state index contributed by atoms with van der Waals surface area (Å²) in [5, 5.41) is 3.37. The van der Waals surface area contributed by atoms with Crippen LogP contribution in [0.5, 0.6) is 0 Å². The molecule has 0 bridgehead atoms. The van der Waals surface area contributed by atoms with Gasteiger partial charge in [-0.25, -0.2) is 9.11 Å². The smallest absolute Gasteiger partial charge is 0.330 e. The molecular formula is C34H76N9O13P3. The highest BCUT2D eigenvalue weighted by atomic mass is 31.3. The number of aromatic nitrogens is 2. The maximum Gasteiger partial charge on any atom is 0.330 e. The molecule has 25 heteroatoms. The number of ether oxygens (including phenoxy) is 1. The van der Waals surface area contributed by atoms with E-state index in [-0.39, 0.29) is 12.0 Å². The lowest BCUT2D eigenvalue weighted by Crippen LogP contribution is -3.11. The third-order valence-corrected chi connectivity index (χ3v) is 13.3. The summed E-state index contributed by atoms with van der Waals surface area (Å²) in [5.41, 5.74) is 7.27. The van der Waals surface area contributed by atoms with E-state index in [1.165, 1.54) is 85.5 Å². The summed E-state index contributed by atoms with van der Waals surface area (Å²) in [5.74, 6) is 0. The van der Waals surface area contributed by atoms with Gasteiger partial charge in [0.05, 0.1) is 105 Å². The number of hydrogen-bond donors (Lipinski definition) is 5. The molecule has 0 aromatic carbocycles. The number of azide groups is 1. The van der Waals surface area contributed by atoms with Crippen molar-refractivity contribution in [1.29, 1.82) is 0 Å². The first-order chi connectivity index (χ1) is 27.5. The Morgan fingerprint density at radius 1 is 0.729 bits per heavy atom. The van der Waals surface area contributed by atoms with Crippen molar-refractivity contribution in [3.63, 3.8) is 0 Å². The van der Waals surface area contributed by atoms with Gasteiger partial charge in [0, 0.05) is 23.1 Å². The van der Waals surface area contributed by atoms with Crippen LogP contribution < -0.4 is 50.4 Å². The molecule has 2 heterocycles. The predicted molar refractivity (Wildman–Crippen MR) is 219 cm³/mol. The highest BCUT2D eigenvalue weighted by Crippen LogP contribution is 2.60. The molecule has 350 valence electrons. The van der Waals surface area contributed by atoms with Gasteiger partial charge in [-0.1, -0.05) is 5.11 Å². The van der Waals surface area contributed by atoms with Crippen LogP contribution in [-0.4, -0.2) is 107 Å². The van der Waals surface area contributed by atoms with Crippen LogP contribution in [0.3, 0.4) is 0 Å². The summed E-state index contributed by atoms with van der Waals surface area (Å²) in [6.45, 7) is 42.3. The second-order valence-corrected chi connectivity index (χ2v) is 17.4. The zero-order valence-corrected chi connectivity index (χ0v) is 40.3. The van der Waals surface area contributed by atoms with E-state index in [9.17, 15) is 42.9 Å². The SMILES string of the molecule is CC[NH+](CC)CC.CC[NH+](CC)CC.CC[NH+](CC)CC.CC[NH+](CC)CC.Cc1cn([C@H]2C[C@H](N=[N+]=[N-])[C@@H](COP(=O)([O-])OP(=O)([O-])OP(=O)([O-])[O-])O2)c(=O)[nH]c1=O.